The number of carbonyl (C=O) groups is 1. The van der Waals surface area contributed by atoms with Crippen LogP contribution in [-0.4, -0.2) is 5.78 Å². The minimum atomic E-state index is 0.380. The van der Waals surface area contributed by atoms with E-state index in [1.165, 1.54) is 5.57 Å². The Morgan fingerprint density at radius 2 is 2.15 bits per heavy atom. The Labute approximate surface area is 80.2 Å². The van der Waals surface area contributed by atoms with Gasteiger partial charge < -0.3 is 0 Å². The van der Waals surface area contributed by atoms with Gasteiger partial charge in [-0.25, -0.2) is 0 Å². The van der Waals surface area contributed by atoms with E-state index in [1.807, 2.05) is 0 Å². The largest absolute Gasteiger partial charge is 0.299 e. The van der Waals surface area contributed by atoms with E-state index in [0.717, 1.165) is 12.8 Å². The molecule has 72 valence electrons. The van der Waals surface area contributed by atoms with Crippen molar-refractivity contribution in [1.82, 2.24) is 0 Å². The van der Waals surface area contributed by atoms with E-state index >= 15 is 0 Å². The second kappa shape index (κ2) is 2.97. The smallest absolute Gasteiger partial charge is 0.137 e. The maximum absolute atomic E-state index is 11.5. The molecule has 0 aromatic carbocycles. The van der Waals surface area contributed by atoms with Crippen molar-refractivity contribution >= 4 is 5.78 Å². The van der Waals surface area contributed by atoms with Crippen molar-refractivity contribution in [3.63, 3.8) is 0 Å². The summed E-state index contributed by atoms with van der Waals surface area (Å²) < 4.78 is 0. The van der Waals surface area contributed by atoms with Crippen LogP contribution in [0.25, 0.3) is 0 Å². The molecule has 0 aromatic rings. The number of Topliss-reactive ketones (excluding diaryl/α,β-unsaturated/α-hetero) is 1. The van der Waals surface area contributed by atoms with E-state index in [0.29, 0.717) is 29.5 Å². The Morgan fingerprint density at radius 3 is 2.69 bits per heavy atom. The second-order valence-corrected chi connectivity index (χ2v) is 4.89. The number of ketones is 1. The molecule has 2 rings (SSSR count). The van der Waals surface area contributed by atoms with Crippen LogP contribution in [0.3, 0.4) is 0 Å². The highest BCUT2D eigenvalue weighted by Crippen LogP contribution is 2.48. The van der Waals surface area contributed by atoms with E-state index in [2.05, 4.69) is 26.8 Å². The van der Waals surface area contributed by atoms with Crippen molar-refractivity contribution < 1.29 is 4.79 Å². The Bertz CT molecular complexity index is 262. The minimum Gasteiger partial charge on any atom is -0.299 e. The molecule has 0 aromatic heterocycles. The molecule has 1 nitrogen and oxygen atoms in total. The van der Waals surface area contributed by atoms with E-state index in [9.17, 15) is 4.79 Å². The van der Waals surface area contributed by atoms with Gasteiger partial charge in [0.15, 0.2) is 0 Å². The molecule has 2 aliphatic carbocycles. The highest BCUT2D eigenvalue weighted by atomic mass is 16.1. The number of allylic oxidation sites excluding steroid dienone is 2. The van der Waals surface area contributed by atoms with Crippen molar-refractivity contribution in [3.8, 4) is 0 Å². The lowest BCUT2D eigenvalue weighted by Gasteiger charge is -2.45. The first-order valence-corrected chi connectivity index (χ1v) is 5.30. The number of rotatable bonds is 1. The van der Waals surface area contributed by atoms with Gasteiger partial charge in [-0.05, 0) is 31.1 Å². The van der Waals surface area contributed by atoms with E-state index in [1.54, 1.807) is 0 Å². The van der Waals surface area contributed by atoms with Gasteiger partial charge in [-0.1, -0.05) is 25.5 Å². The average molecular weight is 178 g/mol. The Morgan fingerprint density at radius 1 is 1.46 bits per heavy atom. The van der Waals surface area contributed by atoms with Gasteiger partial charge >= 0.3 is 0 Å². The van der Waals surface area contributed by atoms with Gasteiger partial charge in [0.2, 0.25) is 0 Å². The SMILES string of the molecule is CC1=CCC(C(C)C)C2C(=O)CC12. The zero-order chi connectivity index (χ0) is 9.59. The molecule has 1 fully saturated rings. The van der Waals surface area contributed by atoms with Gasteiger partial charge in [0.1, 0.15) is 5.78 Å². The molecule has 1 saturated carbocycles. The Balaban J connectivity index is 2.21. The van der Waals surface area contributed by atoms with Gasteiger partial charge in [-0.2, -0.15) is 0 Å². The predicted molar refractivity (Wildman–Crippen MR) is 53.3 cm³/mol. The summed E-state index contributed by atoms with van der Waals surface area (Å²) in [5, 5.41) is 0. The van der Waals surface area contributed by atoms with Crippen LogP contribution < -0.4 is 0 Å². The lowest BCUT2D eigenvalue weighted by molar-refractivity contribution is -0.137. The molecule has 2 aliphatic rings. The molecule has 0 bridgehead atoms. The Kier molecular flexibility index (Phi) is 2.05. The quantitative estimate of drug-likeness (QED) is 0.564. The fraction of sp³-hybridized carbons (Fsp3) is 0.750. The molecule has 3 atom stereocenters. The molecule has 0 saturated heterocycles. The van der Waals surface area contributed by atoms with Crippen molar-refractivity contribution in [2.75, 3.05) is 0 Å². The van der Waals surface area contributed by atoms with E-state index in [-0.39, 0.29) is 0 Å². The van der Waals surface area contributed by atoms with Crippen molar-refractivity contribution in [2.45, 2.75) is 33.6 Å². The zero-order valence-electron chi connectivity index (χ0n) is 8.71. The molecule has 3 unspecified atom stereocenters. The second-order valence-electron chi connectivity index (χ2n) is 4.89. The average Bonchev–Trinajstić information content (AvgIpc) is 2.05. The van der Waals surface area contributed by atoms with Crippen LogP contribution in [0, 0.1) is 23.7 Å². The van der Waals surface area contributed by atoms with Crippen LogP contribution in [0.2, 0.25) is 0 Å². The summed E-state index contributed by atoms with van der Waals surface area (Å²) in [4.78, 5) is 11.5. The summed E-state index contributed by atoms with van der Waals surface area (Å²) >= 11 is 0. The van der Waals surface area contributed by atoms with Crippen molar-refractivity contribution in [2.24, 2.45) is 23.7 Å². The number of fused-ring (bicyclic) bond motifs is 1. The maximum atomic E-state index is 11.5. The number of carbonyl (C=O) groups excluding carboxylic acids is 1. The monoisotopic (exact) mass is 178 g/mol. The van der Waals surface area contributed by atoms with E-state index in [4.69, 9.17) is 0 Å². The Hall–Kier alpha value is -0.590. The van der Waals surface area contributed by atoms with Crippen molar-refractivity contribution in [1.29, 1.82) is 0 Å². The summed E-state index contributed by atoms with van der Waals surface area (Å²) in [6.07, 6.45) is 4.28. The third-order valence-electron chi connectivity index (χ3n) is 3.84. The van der Waals surface area contributed by atoms with Gasteiger partial charge in [0.25, 0.3) is 0 Å². The van der Waals surface area contributed by atoms with Crippen LogP contribution >= 0.6 is 0 Å². The third kappa shape index (κ3) is 1.25. The molecular weight excluding hydrogens is 160 g/mol. The standard InChI is InChI=1S/C12H18O/c1-7(2)9-5-4-8(3)10-6-11(13)12(9)10/h4,7,9-10,12H,5-6H2,1-3H3. The lowest BCUT2D eigenvalue weighted by atomic mass is 9.57. The summed E-state index contributed by atoms with van der Waals surface area (Å²) in [5.41, 5.74) is 1.46. The summed E-state index contributed by atoms with van der Waals surface area (Å²) in [7, 11) is 0. The fourth-order valence-corrected chi connectivity index (χ4v) is 2.83. The fourth-order valence-electron chi connectivity index (χ4n) is 2.83. The summed E-state index contributed by atoms with van der Waals surface area (Å²) in [6.45, 7) is 6.66. The molecule has 0 aliphatic heterocycles. The zero-order valence-corrected chi connectivity index (χ0v) is 8.71. The van der Waals surface area contributed by atoms with Gasteiger partial charge in [-0.3, -0.25) is 4.79 Å². The van der Waals surface area contributed by atoms with Gasteiger partial charge in [-0.15, -0.1) is 0 Å². The highest BCUT2D eigenvalue weighted by molar-refractivity contribution is 5.89. The maximum Gasteiger partial charge on any atom is 0.137 e. The molecule has 1 heteroatoms. The van der Waals surface area contributed by atoms with E-state index < -0.39 is 0 Å². The van der Waals surface area contributed by atoms with Crippen molar-refractivity contribution in [3.05, 3.63) is 11.6 Å². The molecule has 0 radical (unpaired) electrons. The third-order valence-corrected chi connectivity index (χ3v) is 3.84. The van der Waals surface area contributed by atoms with Gasteiger partial charge in [0.05, 0.1) is 0 Å². The van der Waals surface area contributed by atoms with Crippen LogP contribution in [0.5, 0.6) is 0 Å². The first-order valence-electron chi connectivity index (χ1n) is 5.30. The van der Waals surface area contributed by atoms with Crippen LogP contribution in [0.15, 0.2) is 11.6 Å². The topological polar surface area (TPSA) is 17.1 Å². The number of hydrogen-bond acceptors (Lipinski definition) is 1. The predicted octanol–water partition coefficient (Wildman–Crippen LogP) is 2.81. The van der Waals surface area contributed by atoms with Crippen LogP contribution in [0.1, 0.15) is 33.6 Å². The highest BCUT2D eigenvalue weighted by Gasteiger charge is 2.47. The lowest BCUT2D eigenvalue weighted by Crippen LogP contribution is -2.46. The first kappa shape index (κ1) is 8.98. The number of hydrogen-bond donors (Lipinski definition) is 0. The van der Waals surface area contributed by atoms with Crippen LogP contribution in [0.4, 0.5) is 0 Å². The summed E-state index contributed by atoms with van der Waals surface area (Å²) in [5.74, 6) is 2.77. The normalized spacial score (nSPS) is 38.3. The molecular formula is C12H18O. The molecule has 13 heavy (non-hydrogen) atoms. The van der Waals surface area contributed by atoms with Gasteiger partial charge in [0, 0.05) is 12.3 Å². The first-order chi connectivity index (χ1) is 6.11. The molecule has 0 spiro atoms. The molecule has 0 N–H and O–H groups in total. The minimum absolute atomic E-state index is 0.380. The molecule has 0 amide bonds. The van der Waals surface area contributed by atoms with Crippen LogP contribution in [-0.2, 0) is 4.79 Å². The molecule has 0 heterocycles. The summed E-state index contributed by atoms with van der Waals surface area (Å²) in [6, 6.07) is 0.